The van der Waals surface area contributed by atoms with Crippen LogP contribution in [-0.4, -0.2) is 22.5 Å². The van der Waals surface area contributed by atoms with Gasteiger partial charge in [0.2, 0.25) is 0 Å². The molecule has 0 saturated carbocycles. The van der Waals surface area contributed by atoms with Crippen LogP contribution in [0, 0.1) is 5.82 Å². The average Bonchev–Trinajstić information content (AvgIpc) is 2.85. The minimum atomic E-state index is -0.852. The molecule has 1 N–H and O–H groups in total. The zero-order valence-electron chi connectivity index (χ0n) is 10.8. The van der Waals surface area contributed by atoms with Crippen molar-refractivity contribution in [1.29, 1.82) is 0 Å². The van der Waals surface area contributed by atoms with E-state index >= 15 is 0 Å². The highest BCUT2D eigenvalue weighted by atomic mass is 32.1. The summed E-state index contributed by atoms with van der Waals surface area (Å²) >= 11 is 1.38. The molecule has 0 radical (unpaired) electrons. The number of benzene rings is 1. The first-order valence-electron chi connectivity index (χ1n) is 6.43. The van der Waals surface area contributed by atoms with Gasteiger partial charge in [-0.3, -0.25) is 4.90 Å². The molecule has 1 aromatic carbocycles. The molecule has 5 heteroatoms. The van der Waals surface area contributed by atoms with Gasteiger partial charge in [0.05, 0.1) is 0 Å². The van der Waals surface area contributed by atoms with Crippen LogP contribution in [-0.2, 0) is 19.5 Å². The topological polar surface area (TPSA) is 40.5 Å². The number of aromatic carboxylic acids is 1. The van der Waals surface area contributed by atoms with E-state index in [1.54, 1.807) is 18.2 Å². The summed E-state index contributed by atoms with van der Waals surface area (Å²) in [5.74, 6) is -1.08. The molecule has 0 atom stereocenters. The van der Waals surface area contributed by atoms with Crippen LogP contribution < -0.4 is 0 Å². The number of thiophene rings is 1. The number of carboxylic acids is 1. The third kappa shape index (κ3) is 2.73. The zero-order valence-corrected chi connectivity index (χ0v) is 11.6. The second kappa shape index (κ2) is 5.34. The molecule has 1 aromatic heterocycles. The van der Waals surface area contributed by atoms with Gasteiger partial charge in [0.25, 0.3) is 0 Å². The molecule has 1 aliphatic heterocycles. The number of carboxylic acid groups (broad SMARTS) is 1. The molecule has 1 aliphatic rings. The molecule has 2 heterocycles. The van der Waals surface area contributed by atoms with Crippen molar-refractivity contribution in [3.8, 4) is 0 Å². The third-order valence-electron chi connectivity index (χ3n) is 3.48. The van der Waals surface area contributed by atoms with Gasteiger partial charge in [-0.15, -0.1) is 11.3 Å². The second-order valence-electron chi connectivity index (χ2n) is 4.95. The van der Waals surface area contributed by atoms with E-state index in [0.717, 1.165) is 37.2 Å². The molecule has 0 spiro atoms. The number of rotatable bonds is 3. The van der Waals surface area contributed by atoms with Crippen molar-refractivity contribution in [3.63, 3.8) is 0 Å². The fourth-order valence-corrected chi connectivity index (χ4v) is 3.48. The highest BCUT2D eigenvalue weighted by Crippen LogP contribution is 2.28. The molecule has 3 nitrogen and oxygen atoms in total. The molecule has 3 rings (SSSR count). The predicted molar refractivity (Wildman–Crippen MR) is 75.5 cm³/mol. The van der Waals surface area contributed by atoms with Gasteiger partial charge in [0, 0.05) is 24.5 Å². The normalized spacial score (nSPS) is 15.1. The van der Waals surface area contributed by atoms with Crippen molar-refractivity contribution in [3.05, 3.63) is 57.0 Å². The minimum Gasteiger partial charge on any atom is -0.477 e. The Morgan fingerprint density at radius 3 is 2.80 bits per heavy atom. The maximum atomic E-state index is 12.9. The number of carbonyl (C=O) groups is 1. The Bertz CT molecular complexity index is 636. The lowest BCUT2D eigenvalue weighted by Gasteiger charge is -2.26. The lowest BCUT2D eigenvalue weighted by atomic mass is 10.1. The van der Waals surface area contributed by atoms with Gasteiger partial charge in [0.15, 0.2) is 0 Å². The van der Waals surface area contributed by atoms with Gasteiger partial charge in [0.1, 0.15) is 10.7 Å². The summed E-state index contributed by atoms with van der Waals surface area (Å²) < 4.78 is 12.9. The fraction of sp³-hybridized carbons (Fsp3) is 0.267. The molecule has 0 saturated heterocycles. The minimum absolute atomic E-state index is 0.224. The first-order valence-corrected chi connectivity index (χ1v) is 7.25. The Morgan fingerprint density at radius 2 is 2.10 bits per heavy atom. The van der Waals surface area contributed by atoms with Crippen LogP contribution in [0.3, 0.4) is 0 Å². The predicted octanol–water partition coefficient (Wildman–Crippen LogP) is 3.14. The van der Waals surface area contributed by atoms with Crippen LogP contribution in [0.5, 0.6) is 0 Å². The van der Waals surface area contributed by atoms with Crippen LogP contribution in [0.1, 0.15) is 25.7 Å². The lowest BCUT2D eigenvalue weighted by molar-refractivity contribution is 0.0702. The molecule has 0 fully saturated rings. The molecule has 20 heavy (non-hydrogen) atoms. The first kappa shape index (κ1) is 13.3. The van der Waals surface area contributed by atoms with Gasteiger partial charge < -0.3 is 5.11 Å². The average molecular weight is 291 g/mol. The van der Waals surface area contributed by atoms with Crippen LogP contribution in [0.25, 0.3) is 0 Å². The monoisotopic (exact) mass is 291 g/mol. The molecule has 2 aromatic rings. The van der Waals surface area contributed by atoms with Crippen LogP contribution in [0.2, 0.25) is 0 Å². The van der Waals surface area contributed by atoms with Crippen LogP contribution >= 0.6 is 11.3 Å². The fourth-order valence-electron chi connectivity index (χ4n) is 2.48. The summed E-state index contributed by atoms with van der Waals surface area (Å²) in [4.78, 5) is 14.8. The molecule has 0 unspecified atom stereocenters. The standard InChI is InChI=1S/C15H14FNO2S/c16-12-3-1-10(2-4-12)8-17-6-5-13-11(9-17)7-14(20-13)15(18)19/h1-4,7H,5-6,8-9H2,(H,18,19). The van der Waals surface area contributed by atoms with Crippen LogP contribution in [0.15, 0.2) is 30.3 Å². The third-order valence-corrected chi connectivity index (χ3v) is 4.70. The van der Waals surface area contributed by atoms with E-state index in [9.17, 15) is 9.18 Å². The number of halogens is 1. The van der Waals surface area contributed by atoms with E-state index in [2.05, 4.69) is 4.90 Å². The number of hydrogen-bond acceptors (Lipinski definition) is 3. The van der Waals surface area contributed by atoms with E-state index in [-0.39, 0.29) is 5.82 Å². The van der Waals surface area contributed by atoms with Crippen molar-refractivity contribution < 1.29 is 14.3 Å². The summed E-state index contributed by atoms with van der Waals surface area (Å²) in [7, 11) is 0. The first-order chi connectivity index (χ1) is 9.61. The number of hydrogen-bond donors (Lipinski definition) is 1. The van der Waals surface area contributed by atoms with Crippen molar-refractivity contribution >= 4 is 17.3 Å². The van der Waals surface area contributed by atoms with Crippen molar-refractivity contribution in [1.82, 2.24) is 4.90 Å². The quantitative estimate of drug-likeness (QED) is 0.944. The molecule has 104 valence electrons. The summed E-state index contributed by atoms with van der Waals surface area (Å²) in [6, 6.07) is 8.30. The van der Waals surface area contributed by atoms with Crippen molar-refractivity contribution in [2.24, 2.45) is 0 Å². The van der Waals surface area contributed by atoms with E-state index in [1.807, 2.05) is 0 Å². The van der Waals surface area contributed by atoms with Crippen molar-refractivity contribution in [2.75, 3.05) is 6.54 Å². The highest BCUT2D eigenvalue weighted by molar-refractivity contribution is 7.14. The number of nitrogens with zero attached hydrogens (tertiary/aromatic N) is 1. The Morgan fingerprint density at radius 1 is 1.35 bits per heavy atom. The number of fused-ring (bicyclic) bond motifs is 1. The van der Waals surface area contributed by atoms with Gasteiger partial charge >= 0.3 is 5.97 Å². The van der Waals surface area contributed by atoms with E-state index in [1.165, 1.54) is 28.3 Å². The molecule has 0 aliphatic carbocycles. The maximum Gasteiger partial charge on any atom is 0.345 e. The Balaban J connectivity index is 1.72. The molecule has 0 amide bonds. The van der Waals surface area contributed by atoms with Crippen LogP contribution in [0.4, 0.5) is 4.39 Å². The van der Waals surface area contributed by atoms with Gasteiger partial charge in [-0.25, -0.2) is 9.18 Å². The summed E-state index contributed by atoms with van der Waals surface area (Å²) in [5, 5.41) is 9.02. The smallest absolute Gasteiger partial charge is 0.345 e. The Kier molecular flexibility index (Phi) is 3.54. The Hall–Kier alpha value is -1.72. The van der Waals surface area contributed by atoms with Gasteiger partial charge in [-0.05, 0) is 35.7 Å². The molecular weight excluding hydrogens is 277 g/mol. The summed E-state index contributed by atoms with van der Waals surface area (Å²) in [6.45, 7) is 2.43. The summed E-state index contributed by atoms with van der Waals surface area (Å²) in [6.07, 6.45) is 0.883. The zero-order chi connectivity index (χ0) is 14.1. The van der Waals surface area contributed by atoms with Gasteiger partial charge in [-0.1, -0.05) is 12.1 Å². The highest BCUT2D eigenvalue weighted by Gasteiger charge is 2.21. The van der Waals surface area contributed by atoms with Crippen molar-refractivity contribution in [2.45, 2.75) is 19.5 Å². The van der Waals surface area contributed by atoms with E-state index in [0.29, 0.717) is 4.88 Å². The largest absolute Gasteiger partial charge is 0.477 e. The maximum absolute atomic E-state index is 12.9. The van der Waals surface area contributed by atoms with Gasteiger partial charge in [-0.2, -0.15) is 0 Å². The molecule has 0 bridgehead atoms. The summed E-state index contributed by atoms with van der Waals surface area (Å²) in [5.41, 5.74) is 2.18. The lowest BCUT2D eigenvalue weighted by Crippen LogP contribution is -2.29. The molecular formula is C15H14FNO2S. The second-order valence-corrected chi connectivity index (χ2v) is 6.09. The SMILES string of the molecule is O=C(O)c1cc2c(s1)CCN(Cc1ccc(F)cc1)C2. The van der Waals surface area contributed by atoms with E-state index in [4.69, 9.17) is 5.11 Å². The Labute approximate surface area is 120 Å². The van der Waals surface area contributed by atoms with E-state index < -0.39 is 5.97 Å².